The number of hydrogen-bond donors (Lipinski definition) is 0. The molecule has 78 valence electrons. The summed E-state index contributed by atoms with van der Waals surface area (Å²) < 4.78 is 0. The molecule has 0 aromatic carbocycles. The molecule has 3 aliphatic carbocycles. The molecule has 0 N–H and O–H groups in total. The molecule has 0 aliphatic heterocycles. The predicted octanol–water partition coefficient (Wildman–Crippen LogP) is 4.36. The SMILES string of the molecule is C[Si](C)(C)C1(C(=C2CC2)C2CC2)CC1. The van der Waals surface area contributed by atoms with Crippen LogP contribution in [0, 0.1) is 5.92 Å². The van der Waals surface area contributed by atoms with Gasteiger partial charge in [-0.2, -0.15) is 0 Å². The van der Waals surface area contributed by atoms with Crippen LogP contribution in [0.3, 0.4) is 0 Å². The predicted molar refractivity (Wildman–Crippen MR) is 64.3 cm³/mol. The summed E-state index contributed by atoms with van der Waals surface area (Å²) in [6.07, 6.45) is 9.03. The van der Waals surface area contributed by atoms with Crippen molar-refractivity contribution >= 4 is 8.07 Å². The Labute approximate surface area is 88.8 Å². The largest absolute Gasteiger partial charge is 0.0698 e. The summed E-state index contributed by atoms with van der Waals surface area (Å²) >= 11 is 0. The van der Waals surface area contributed by atoms with Gasteiger partial charge in [-0.3, -0.25) is 0 Å². The first kappa shape index (κ1) is 9.20. The summed E-state index contributed by atoms with van der Waals surface area (Å²) in [6.45, 7) is 7.77. The first-order chi connectivity index (χ1) is 6.55. The molecule has 0 nitrogen and oxygen atoms in total. The molecule has 3 fully saturated rings. The van der Waals surface area contributed by atoms with Gasteiger partial charge in [0.25, 0.3) is 0 Å². The summed E-state index contributed by atoms with van der Waals surface area (Å²) in [4.78, 5) is 0. The highest BCUT2D eigenvalue weighted by Gasteiger charge is 2.59. The van der Waals surface area contributed by atoms with E-state index < -0.39 is 8.07 Å². The van der Waals surface area contributed by atoms with Gasteiger partial charge in [0, 0.05) is 0 Å². The molecule has 0 aromatic heterocycles. The average molecular weight is 206 g/mol. The van der Waals surface area contributed by atoms with Gasteiger partial charge in [-0.15, -0.1) is 0 Å². The van der Waals surface area contributed by atoms with E-state index >= 15 is 0 Å². The first-order valence-corrected chi connectivity index (χ1v) is 9.77. The van der Waals surface area contributed by atoms with E-state index in [0.717, 1.165) is 11.0 Å². The fourth-order valence-electron chi connectivity index (χ4n) is 3.27. The maximum Gasteiger partial charge on any atom is 0.0553 e. The van der Waals surface area contributed by atoms with E-state index in [9.17, 15) is 0 Å². The summed E-state index contributed by atoms with van der Waals surface area (Å²) in [5.41, 5.74) is 3.91. The molecular formula is C13H22Si. The first-order valence-electron chi connectivity index (χ1n) is 6.27. The Morgan fingerprint density at radius 2 is 1.71 bits per heavy atom. The summed E-state index contributed by atoms with van der Waals surface area (Å²) in [6, 6.07) is 0. The smallest absolute Gasteiger partial charge is 0.0553 e. The fourth-order valence-corrected chi connectivity index (χ4v) is 6.08. The van der Waals surface area contributed by atoms with Crippen molar-refractivity contribution in [3.05, 3.63) is 11.1 Å². The minimum atomic E-state index is -0.940. The van der Waals surface area contributed by atoms with Crippen molar-refractivity contribution in [2.45, 2.75) is 63.2 Å². The van der Waals surface area contributed by atoms with Crippen LogP contribution in [0.5, 0.6) is 0 Å². The van der Waals surface area contributed by atoms with E-state index in [1.807, 2.05) is 11.1 Å². The van der Waals surface area contributed by atoms with Gasteiger partial charge >= 0.3 is 0 Å². The van der Waals surface area contributed by atoms with Gasteiger partial charge in [0.15, 0.2) is 0 Å². The summed E-state index contributed by atoms with van der Waals surface area (Å²) in [5.74, 6) is 1.06. The maximum atomic E-state index is 2.59. The van der Waals surface area contributed by atoms with E-state index in [-0.39, 0.29) is 0 Å². The summed E-state index contributed by atoms with van der Waals surface area (Å²) in [5, 5.41) is 0.792. The zero-order valence-corrected chi connectivity index (χ0v) is 10.8. The van der Waals surface area contributed by atoms with Crippen molar-refractivity contribution in [1.82, 2.24) is 0 Å². The topological polar surface area (TPSA) is 0 Å². The van der Waals surface area contributed by atoms with Gasteiger partial charge < -0.3 is 0 Å². The van der Waals surface area contributed by atoms with Crippen molar-refractivity contribution in [3.8, 4) is 0 Å². The van der Waals surface area contributed by atoms with Crippen LogP contribution in [0.2, 0.25) is 24.7 Å². The lowest BCUT2D eigenvalue weighted by Crippen LogP contribution is -2.31. The lowest BCUT2D eigenvalue weighted by molar-refractivity contribution is 0.836. The highest BCUT2D eigenvalue weighted by Crippen LogP contribution is 2.72. The van der Waals surface area contributed by atoms with Crippen LogP contribution < -0.4 is 0 Å². The van der Waals surface area contributed by atoms with Crippen LogP contribution in [0.15, 0.2) is 11.1 Å². The van der Waals surface area contributed by atoms with Crippen LogP contribution in [0.25, 0.3) is 0 Å². The van der Waals surface area contributed by atoms with Crippen molar-refractivity contribution in [2.75, 3.05) is 0 Å². The molecule has 0 amide bonds. The van der Waals surface area contributed by atoms with Crippen LogP contribution in [-0.4, -0.2) is 8.07 Å². The Kier molecular flexibility index (Phi) is 1.68. The number of hydrogen-bond acceptors (Lipinski definition) is 0. The lowest BCUT2D eigenvalue weighted by atomic mass is 10.0. The fraction of sp³-hybridized carbons (Fsp3) is 0.846. The van der Waals surface area contributed by atoms with Crippen LogP contribution in [0.4, 0.5) is 0 Å². The van der Waals surface area contributed by atoms with E-state index in [0.29, 0.717) is 0 Å². The second-order valence-electron chi connectivity index (χ2n) is 6.62. The Morgan fingerprint density at radius 1 is 1.14 bits per heavy atom. The minimum absolute atomic E-state index is 0.792. The average Bonchev–Trinajstić information content (AvgIpc) is 2.95. The Hall–Kier alpha value is -0.0431. The van der Waals surface area contributed by atoms with Gasteiger partial charge in [-0.05, 0) is 49.5 Å². The second kappa shape index (κ2) is 2.55. The molecule has 3 saturated carbocycles. The lowest BCUT2D eigenvalue weighted by Gasteiger charge is -2.32. The van der Waals surface area contributed by atoms with E-state index in [2.05, 4.69) is 19.6 Å². The van der Waals surface area contributed by atoms with Crippen molar-refractivity contribution in [2.24, 2.45) is 5.92 Å². The standard InChI is InChI=1S/C13H22Si/c1-14(2,3)13(8-9-13)12(10-4-5-10)11-6-7-11/h10H,4-9H2,1-3H3. The molecule has 3 rings (SSSR count). The number of allylic oxidation sites excluding steroid dienone is 2. The number of rotatable bonds is 3. The van der Waals surface area contributed by atoms with E-state index in [1.54, 1.807) is 0 Å². The van der Waals surface area contributed by atoms with Crippen LogP contribution in [0.1, 0.15) is 38.5 Å². The van der Waals surface area contributed by atoms with Gasteiger partial charge in [0.1, 0.15) is 0 Å². The second-order valence-corrected chi connectivity index (χ2v) is 12.1. The zero-order valence-electron chi connectivity index (χ0n) is 9.82. The molecule has 0 saturated heterocycles. The molecule has 0 atom stereocenters. The quantitative estimate of drug-likeness (QED) is 0.475. The van der Waals surface area contributed by atoms with E-state index in [4.69, 9.17) is 0 Å². The minimum Gasteiger partial charge on any atom is -0.0698 e. The highest BCUT2D eigenvalue weighted by molar-refractivity contribution is 6.80. The normalized spacial score (nSPS) is 28.9. The van der Waals surface area contributed by atoms with Gasteiger partial charge in [0.2, 0.25) is 0 Å². The third kappa shape index (κ3) is 1.24. The molecular weight excluding hydrogens is 184 g/mol. The molecule has 0 heterocycles. The third-order valence-corrected chi connectivity index (χ3v) is 8.21. The van der Waals surface area contributed by atoms with Gasteiger partial charge in [0.05, 0.1) is 8.07 Å². The molecule has 0 bridgehead atoms. The van der Waals surface area contributed by atoms with Crippen molar-refractivity contribution < 1.29 is 0 Å². The Balaban J connectivity index is 1.96. The molecule has 0 spiro atoms. The molecule has 0 radical (unpaired) electrons. The Bertz CT molecular complexity index is 292. The third-order valence-electron chi connectivity index (χ3n) is 4.57. The monoisotopic (exact) mass is 206 g/mol. The highest BCUT2D eigenvalue weighted by atomic mass is 28.3. The van der Waals surface area contributed by atoms with Gasteiger partial charge in [-0.25, -0.2) is 0 Å². The van der Waals surface area contributed by atoms with Crippen molar-refractivity contribution in [3.63, 3.8) is 0 Å². The molecule has 14 heavy (non-hydrogen) atoms. The molecule has 3 aliphatic rings. The maximum absolute atomic E-state index is 2.59. The molecule has 0 aromatic rings. The molecule has 1 heteroatoms. The summed E-state index contributed by atoms with van der Waals surface area (Å²) in [7, 11) is -0.940. The van der Waals surface area contributed by atoms with Gasteiger partial charge in [-0.1, -0.05) is 30.8 Å². The van der Waals surface area contributed by atoms with Crippen molar-refractivity contribution in [1.29, 1.82) is 0 Å². The van der Waals surface area contributed by atoms with Crippen LogP contribution in [-0.2, 0) is 0 Å². The zero-order chi connectivity index (χ0) is 9.97. The van der Waals surface area contributed by atoms with Crippen LogP contribution >= 0.6 is 0 Å². The Morgan fingerprint density at radius 3 is 2.00 bits per heavy atom. The van der Waals surface area contributed by atoms with E-state index in [1.165, 1.54) is 38.5 Å². The molecule has 0 unspecified atom stereocenters.